The maximum Gasteiger partial charge on any atom is 0.196 e. The number of rotatable bonds is 5. The van der Waals surface area contributed by atoms with Crippen LogP contribution < -0.4 is 0 Å². The van der Waals surface area contributed by atoms with Crippen molar-refractivity contribution in [2.24, 2.45) is 10.2 Å². The van der Waals surface area contributed by atoms with Crippen molar-refractivity contribution in [1.82, 2.24) is 0 Å². The van der Waals surface area contributed by atoms with Crippen molar-refractivity contribution in [2.45, 2.75) is 13.0 Å². The summed E-state index contributed by atoms with van der Waals surface area (Å²) in [6.07, 6.45) is 0. The molecule has 3 aromatic rings. The lowest BCUT2D eigenvalue weighted by atomic mass is 10.0. The molecule has 118 valence electrons. The van der Waals surface area contributed by atoms with Gasteiger partial charge in [-0.05, 0) is 18.4 Å². The van der Waals surface area contributed by atoms with Crippen molar-refractivity contribution in [1.29, 1.82) is 0 Å². The van der Waals surface area contributed by atoms with E-state index in [1.54, 1.807) is 24.3 Å². The van der Waals surface area contributed by atoms with Crippen molar-refractivity contribution < 1.29 is 9.59 Å². The van der Waals surface area contributed by atoms with Gasteiger partial charge in [0.15, 0.2) is 17.6 Å². The second-order valence-corrected chi connectivity index (χ2v) is 5.46. The lowest BCUT2D eigenvalue weighted by molar-refractivity contribution is -0.117. The van der Waals surface area contributed by atoms with Gasteiger partial charge >= 0.3 is 0 Å². The lowest BCUT2D eigenvalue weighted by Gasteiger charge is -2.07. The molecule has 0 bridgehead atoms. The van der Waals surface area contributed by atoms with Crippen molar-refractivity contribution in [3.05, 3.63) is 78.4 Å². The highest BCUT2D eigenvalue weighted by Crippen LogP contribution is 2.26. The number of carbonyl (C=O) groups excluding carboxylic acids is 2. The number of ketones is 2. The van der Waals surface area contributed by atoms with Crippen molar-refractivity contribution in [3.63, 3.8) is 0 Å². The third-order valence-electron chi connectivity index (χ3n) is 3.74. The Morgan fingerprint density at radius 3 is 2.25 bits per heavy atom. The van der Waals surface area contributed by atoms with Crippen LogP contribution in [0.4, 0.5) is 5.69 Å². The molecule has 0 aliphatic carbocycles. The number of Topliss-reactive ketones (excluding diaryl/α,β-unsaturated/α-hetero) is 2. The molecule has 0 amide bonds. The van der Waals surface area contributed by atoms with Gasteiger partial charge in [-0.15, -0.1) is 0 Å². The first kappa shape index (κ1) is 15.7. The number of fused-ring (bicyclic) bond motifs is 1. The van der Waals surface area contributed by atoms with Gasteiger partial charge < -0.3 is 0 Å². The quantitative estimate of drug-likeness (QED) is 0.387. The largest absolute Gasteiger partial charge is 0.297 e. The molecule has 4 heteroatoms. The molecular weight excluding hydrogens is 300 g/mol. The molecule has 0 aromatic heterocycles. The molecule has 1 atom stereocenters. The molecule has 0 fully saturated rings. The first-order valence-electron chi connectivity index (χ1n) is 7.65. The Morgan fingerprint density at radius 1 is 0.833 bits per heavy atom. The van der Waals surface area contributed by atoms with Crippen molar-refractivity contribution in [2.75, 3.05) is 0 Å². The highest BCUT2D eigenvalue weighted by Gasteiger charge is 2.24. The highest BCUT2D eigenvalue weighted by molar-refractivity contribution is 6.13. The Labute approximate surface area is 139 Å². The summed E-state index contributed by atoms with van der Waals surface area (Å²) >= 11 is 0. The van der Waals surface area contributed by atoms with Gasteiger partial charge in [-0.3, -0.25) is 9.59 Å². The maximum absolute atomic E-state index is 12.5. The fourth-order valence-corrected chi connectivity index (χ4v) is 2.49. The Hall–Kier alpha value is -3.14. The van der Waals surface area contributed by atoms with E-state index in [2.05, 4.69) is 10.2 Å². The van der Waals surface area contributed by atoms with Crippen molar-refractivity contribution >= 4 is 28.0 Å². The average Bonchev–Trinajstić information content (AvgIpc) is 2.62. The summed E-state index contributed by atoms with van der Waals surface area (Å²) in [5.74, 6) is -0.667. The van der Waals surface area contributed by atoms with Gasteiger partial charge in [0.25, 0.3) is 0 Å². The maximum atomic E-state index is 12.5. The lowest BCUT2D eigenvalue weighted by Crippen LogP contribution is -2.26. The van der Waals surface area contributed by atoms with E-state index in [9.17, 15) is 9.59 Å². The zero-order chi connectivity index (χ0) is 16.9. The van der Waals surface area contributed by atoms with Crippen LogP contribution in [0.5, 0.6) is 0 Å². The third-order valence-corrected chi connectivity index (χ3v) is 3.74. The summed E-state index contributed by atoms with van der Waals surface area (Å²) in [4.78, 5) is 24.4. The van der Waals surface area contributed by atoms with Crippen LogP contribution in [0.3, 0.4) is 0 Å². The topological polar surface area (TPSA) is 58.9 Å². The van der Waals surface area contributed by atoms with Gasteiger partial charge in [-0.25, -0.2) is 0 Å². The second kappa shape index (κ2) is 6.96. The SMILES string of the molecule is CC(=O)C(N=Nc1cccc2ccccc12)C(=O)c1ccccc1. The summed E-state index contributed by atoms with van der Waals surface area (Å²) in [5.41, 5.74) is 1.09. The molecular formula is C20H16N2O2. The monoisotopic (exact) mass is 316 g/mol. The van der Waals surface area contributed by atoms with Crippen LogP contribution in [0, 0.1) is 0 Å². The van der Waals surface area contributed by atoms with Crippen molar-refractivity contribution in [3.8, 4) is 0 Å². The third kappa shape index (κ3) is 3.27. The number of azo groups is 1. The molecule has 0 heterocycles. The van der Waals surface area contributed by atoms with E-state index in [0.717, 1.165) is 10.8 Å². The van der Waals surface area contributed by atoms with E-state index in [1.165, 1.54) is 6.92 Å². The van der Waals surface area contributed by atoms with Gasteiger partial charge in [0, 0.05) is 10.9 Å². The Balaban J connectivity index is 1.95. The standard InChI is InChI=1S/C20H16N2O2/c1-14(23)19(20(24)16-9-3-2-4-10-16)22-21-18-13-7-11-15-8-5-6-12-17(15)18/h2-13,19H,1H3. The molecule has 1 unspecified atom stereocenters. The van der Waals surface area contributed by atoms with Crippen LogP contribution in [-0.2, 0) is 4.79 Å². The van der Waals surface area contributed by atoms with Gasteiger partial charge in [0.2, 0.25) is 0 Å². The number of nitrogens with zero attached hydrogens (tertiary/aromatic N) is 2. The fraction of sp³-hybridized carbons (Fsp3) is 0.100. The number of carbonyl (C=O) groups is 2. The van der Waals surface area contributed by atoms with Crippen LogP contribution in [0.15, 0.2) is 83.0 Å². The predicted molar refractivity (Wildman–Crippen MR) is 93.7 cm³/mol. The predicted octanol–water partition coefficient (Wildman–Crippen LogP) is 4.76. The van der Waals surface area contributed by atoms with Crippen LogP contribution >= 0.6 is 0 Å². The first-order chi connectivity index (χ1) is 11.7. The van der Waals surface area contributed by atoms with E-state index >= 15 is 0 Å². The molecule has 0 aliphatic heterocycles. The molecule has 3 rings (SSSR count). The molecule has 0 aliphatic rings. The summed E-state index contributed by atoms with van der Waals surface area (Å²) < 4.78 is 0. The molecule has 0 N–H and O–H groups in total. The summed E-state index contributed by atoms with van der Waals surface area (Å²) in [6.45, 7) is 1.35. The number of benzene rings is 3. The van der Waals surface area contributed by atoms with Gasteiger partial charge in [0.1, 0.15) is 0 Å². The summed E-state index contributed by atoms with van der Waals surface area (Å²) in [6, 6.07) is 21.0. The van der Waals surface area contributed by atoms with E-state index in [1.807, 2.05) is 48.5 Å². The molecule has 0 saturated heterocycles. The van der Waals surface area contributed by atoms with Gasteiger partial charge in [0.05, 0.1) is 5.69 Å². The Bertz CT molecular complexity index is 912. The van der Waals surface area contributed by atoms with E-state index in [-0.39, 0.29) is 11.6 Å². The number of hydrogen-bond donors (Lipinski definition) is 0. The van der Waals surface area contributed by atoms with Gasteiger partial charge in [-0.2, -0.15) is 10.2 Å². The second-order valence-electron chi connectivity index (χ2n) is 5.46. The molecule has 3 aromatic carbocycles. The fourth-order valence-electron chi connectivity index (χ4n) is 2.49. The van der Waals surface area contributed by atoms with Crippen LogP contribution in [0.1, 0.15) is 17.3 Å². The van der Waals surface area contributed by atoms with Gasteiger partial charge in [-0.1, -0.05) is 66.7 Å². The summed E-state index contributed by atoms with van der Waals surface area (Å²) in [5, 5.41) is 10.2. The minimum atomic E-state index is -1.12. The minimum Gasteiger partial charge on any atom is -0.297 e. The van der Waals surface area contributed by atoms with E-state index in [0.29, 0.717) is 11.3 Å². The van der Waals surface area contributed by atoms with E-state index in [4.69, 9.17) is 0 Å². The molecule has 0 radical (unpaired) electrons. The van der Waals surface area contributed by atoms with Crippen LogP contribution in [0.25, 0.3) is 10.8 Å². The Kier molecular flexibility index (Phi) is 4.57. The average molecular weight is 316 g/mol. The number of hydrogen-bond acceptors (Lipinski definition) is 4. The minimum absolute atomic E-state index is 0.326. The molecule has 0 saturated carbocycles. The molecule has 0 spiro atoms. The Morgan fingerprint density at radius 2 is 1.50 bits per heavy atom. The van der Waals surface area contributed by atoms with Crippen LogP contribution in [-0.4, -0.2) is 17.6 Å². The summed E-state index contributed by atoms with van der Waals surface area (Å²) in [7, 11) is 0. The zero-order valence-electron chi connectivity index (χ0n) is 13.2. The highest BCUT2D eigenvalue weighted by atomic mass is 16.2. The molecule has 4 nitrogen and oxygen atoms in total. The first-order valence-corrected chi connectivity index (χ1v) is 7.65. The smallest absolute Gasteiger partial charge is 0.196 e. The normalized spacial score (nSPS) is 12.4. The van der Waals surface area contributed by atoms with E-state index < -0.39 is 6.04 Å². The molecule has 24 heavy (non-hydrogen) atoms. The van der Waals surface area contributed by atoms with Crippen LogP contribution in [0.2, 0.25) is 0 Å². The zero-order valence-corrected chi connectivity index (χ0v) is 13.2.